The highest BCUT2D eigenvalue weighted by Gasteiger charge is 2.36. The first-order valence-corrected chi connectivity index (χ1v) is 11.3. The minimum atomic E-state index is -0.955. The van der Waals surface area contributed by atoms with Gasteiger partial charge in [0.05, 0.1) is 27.8 Å². The van der Waals surface area contributed by atoms with Crippen molar-refractivity contribution in [1.82, 2.24) is 0 Å². The van der Waals surface area contributed by atoms with E-state index >= 15 is 0 Å². The fourth-order valence-corrected chi connectivity index (χ4v) is 4.63. The van der Waals surface area contributed by atoms with E-state index in [9.17, 15) is 30.0 Å². The van der Waals surface area contributed by atoms with E-state index in [1.165, 1.54) is 27.4 Å². The molecule has 38 heavy (non-hydrogen) atoms. The normalized spacial score (nSPS) is 14.6. The number of methoxy groups -OCH3 is 3. The molecule has 5 rings (SSSR count). The van der Waals surface area contributed by atoms with Gasteiger partial charge >= 0.3 is 5.97 Å². The second kappa shape index (κ2) is 9.11. The maximum Gasteiger partial charge on any atom is 0.312 e. The maximum absolute atomic E-state index is 13.2. The van der Waals surface area contributed by atoms with Crippen LogP contribution in [-0.4, -0.2) is 47.7 Å². The summed E-state index contributed by atoms with van der Waals surface area (Å²) in [5.41, 5.74) is -0.315. The molecule has 0 bridgehead atoms. The van der Waals surface area contributed by atoms with Crippen molar-refractivity contribution in [3.8, 4) is 57.3 Å². The Bertz CT molecular complexity index is 1670. The average Bonchev–Trinajstić information content (AvgIpc) is 2.90. The molecule has 0 unspecified atom stereocenters. The first kappa shape index (κ1) is 24.6. The number of esters is 1. The highest BCUT2D eigenvalue weighted by molar-refractivity contribution is 5.94. The van der Waals surface area contributed by atoms with Crippen LogP contribution in [0.3, 0.4) is 0 Å². The lowest BCUT2D eigenvalue weighted by Crippen LogP contribution is -2.22. The number of benzene rings is 3. The number of phenols is 3. The number of carbonyl (C=O) groups is 1. The Morgan fingerprint density at radius 1 is 0.816 bits per heavy atom. The van der Waals surface area contributed by atoms with Gasteiger partial charge in [-0.15, -0.1) is 0 Å². The second-order valence-corrected chi connectivity index (χ2v) is 8.50. The van der Waals surface area contributed by atoms with Crippen molar-refractivity contribution in [1.29, 1.82) is 0 Å². The van der Waals surface area contributed by atoms with Crippen molar-refractivity contribution in [2.75, 3.05) is 21.3 Å². The summed E-state index contributed by atoms with van der Waals surface area (Å²) in [7, 11) is 4.35. The zero-order valence-electron chi connectivity index (χ0n) is 20.4. The molecule has 0 saturated heterocycles. The molecule has 1 atom stereocenters. The molecule has 4 aromatic rings. The first-order valence-electron chi connectivity index (χ1n) is 11.3. The molecule has 0 radical (unpaired) electrons. The van der Waals surface area contributed by atoms with Gasteiger partial charge in [-0.05, 0) is 24.3 Å². The zero-order valence-corrected chi connectivity index (χ0v) is 20.4. The van der Waals surface area contributed by atoms with Crippen LogP contribution in [0.15, 0.2) is 45.6 Å². The second-order valence-electron chi connectivity index (χ2n) is 8.50. The van der Waals surface area contributed by atoms with Gasteiger partial charge in [-0.3, -0.25) is 9.59 Å². The molecule has 2 heterocycles. The van der Waals surface area contributed by atoms with E-state index in [0.717, 1.165) is 18.2 Å². The molecule has 11 heteroatoms. The lowest BCUT2D eigenvalue weighted by molar-refractivity contribution is -0.135. The van der Waals surface area contributed by atoms with Gasteiger partial charge in [-0.2, -0.15) is 0 Å². The van der Waals surface area contributed by atoms with Gasteiger partial charge in [-0.25, -0.2) is 0 Å². The monoisotopic (exact) mass is 522 g/mol. The minimum absolute atomic E-state index is 0.0542. The van der Waals surface area contributed by atoms with Crippen LogP contribution >= 0.6 is 0 Å². The van der Waals surface area contributed by atoms with E-state index in [1.807, 2.05) is 0 Å². The molecule has 0 fully saturated rings. The summed E-state index contributed by atoms with van der Waals surface area (Å²) in [4.78, 5) is 25.9. The molecule has 196 valence electrons. The van der Waals surface area contributed by atoms with E-state index in [1.54, 1.807) is 12.1 Å². The molecule has 3 aromatic carbocycles. The number of ether oxygens (including phenoxy) is 4. The summed E-state index contributed by atoms with van der Waals surface area (Å²) >= 11 is 0. The number of hydrogen-bond donors (Lipinski definition) is 4. The van der Waals surface area contributed by atoms with Crippen LogP contribution in [-0.2, 0) is 4.79 Å². The van der Waals surface area contributed by atoms with Crippen LogP contribution in [0.1, 0.15) is 23.5 Å². The Balaban J connectivity index is 1.86. The van der Waals surface area contributed by atoms with Crippen LogP contribution in [0.25, 0.3) is 22.3 Å². The molecular formula is C27H22O11. The largest absolute Gasteiger partial charge is 0.507 e. The molecule has 0 saturated carbocycles. The van der Waals surface area contributed by atoms with Gasteiger partial charge in [0.2, 0.25) is 11.2 Å². The fraction of sp³-hybridized carbons (Fsp3) is 0.185. The number of hydrogen-bond acceptors (Lipinski definition) is 11. The Kier molecular flexibility index (Phi) is 5.90. The summed E-state index contributed by atoms with van der Waals surface area (Å²) in [6.45, 7) is 0. The first-order chi connectivity index (χ1) is 18.2. The zero-order chi connectivity index (χ0) is 27.3. The van der Waals surface area contributed by atoms with E-state index in [0.29, 0.717) is 22.8 Å². The molecule has 0 amide bonds. The van der Waals surface area contributed by atoms with Gasteiger partial charge in [0.25, 0.3) is 0 Å². The number of fused-ring (bicyclic) bond motifs is 3. The van der Waals surface area contributed by atoms with Crippen molar-refractivity contribution in [2.45, 2.75) is 12.3 Å². The summed E-state index contributed by atoms with van der Waals surface area (Å²) in [6.07, 6.45) is -0.182. The molecule has 11 nitrogen and oxygen atoms in total. The number of phenolic OH excluding ortho intramolecular Hbond substituents is 3. The van der Waals surface area contributed by atoms with Crippen molar-refractivity contribution < 1.29 is 48.6 Å². The Morgan fingerprint density at radius 3 is 2.16 bits per heavy atom. The van der Waals surface area contributed by atoms with Crippen molar-refractivity contribution in [3.05, 3.63) is 57.7 Å². The van der Waals surface area contributed by atoms with E-state index in [2.05, 4.69) is 0 Å². The summed E-state index contributed by atoms with van der Waals surface area (Å²) in [5, 5.41) is 40.6. The molecule has 1 aromatic heterocycles. The predicted molar refractivity (Wildman–Crippen MR) is 133 cm³/mol. The maximum atomic E-state index is 13.2. The lowest BCUT2D eigenvalue weighted by atomic mass is 9.84. The topological polar surface area (TPSA) is 165 Å². The molecule has 0 spiro atoms. The summed E-state index contributed by atoms with van der Waals surface area (Å²) in [5.74, 6) is -3.04. The van der Waals surface area contributed by atoms with Crippen molar-refractivity contribution in [2.24, 2.45) is 0 Å². The number of carbonyl (C=O) groups excluding carboxylic acids is 1. The van der Waals surface area contributed by atoms with Crippen molar-refractivity contribution >= 4 is 16.9 Å². The Labute approximate surface area is 214 Å². The molecular weight excluding hydrogens is 500 g/mol. The fourth-order valence-electron chi connectivity index (χ4n) is 4.63. The van der Waals surface area contributed by atoms with Crippen LogP contribution < -0.4 is 24.4 Å². The summed E-state index contributed by atoms with van der Waals surface area (Å²) < 4.78 is 27.8. The van der Waals surface area contributed by atoms with Gasteiger partial charge in [0.15, 0.2) is 28.8 Å². The predicted octanol–water partition coefficient (Wildman–Crippen LogP) is 3.75. The third kappa shape index (κ3) is 3.76. The van der Waals surface area contributed by atoms with Crippen LogP contribution in [0.5, 0.6) is 46.0 Å². The summed E-state index contributed by atoms with van der Waals surface area (Å²) in [6, 6.07) is 7.90. The van der Waals surface area contributed by atoms with E-state index < -0.39 is 40.3 Å². The molecule has 1 aliphatic heterocycles. The third-order valence-corrected chi connectivity index (χ3v) is 6.41. The number of rotatable bonds is 5. The van der Waals surface area contributed by atoms with Gasteiger partial charge in [0.1, 0.15) is 28.2 Å². The smallest absolute Gasteiger partial charge is 0.312 e. The van der Waals surface area contributed by atoms with Gasteiger partial charge < -0.3 is 43.8 Å². The van der Waals surface area contributed by atoms with Crippen LogP contribution in [0, 0.1) is 0 Å². The lowest BCUT2D eigenvalue weighted by Gasteiger charge is -2.27. The van der Waals surface area contributed by atoms with Crippen LogP contribution in [0.2, 0.25) is 0 Å². The molecule has 4 N–H and O–H groups in total. The van der Waals surface area contributed by atoms with E-state index in [-0.39, 0.29) is 40.0 Å². The molecule has 1 aliphatic rings. The highest BCUT2D eigenvalue weighted by atomic mass is 16.5. The van der Waals surface area contributed by atoms with Gasteiger partial charge in [0, 0.05) is 34.7 Å². The minimum Gasteiger partial charge on any atom is -0.507 e. The van der Waals surface area contributed by atoms with E-state index in [4.69, 9.17) is 23.4 Å². The highest BCUT2D eigenvalue weighted by Crippen LogP contribution is 2.50. The SMILES string of the molecule is COc1cc(OC)c([C@H]2CC(=O)Oc3cc(O)c4c(=O)c(O)c(-c5ccc(O)c(O)c5)oc4c32)cc1OC. The molecule has 0 aliphatic carbocycles. The quantitative estimate of drug-likeness (QED) is 0.171. The van der Waals surface area contributed by atoms with Crippen LogP contribution in [0.4, 0.5) is 0 Å². The Morgan fingerprint density at radius 2 is 1.50 bits per heavy atom. The Hall–Kier alpha value is -5.06. The van der Waals surface area contributed by atoms with Gasteiger partial charge in [-0.1, -0.05) is 0 Å². The van der Waals surface area contributed by atoms with Crippen molar-refractivity contribution in [3.63, 3.8) is 0 Å². The third-order valence-electron chi connectivity index (χ3n) is 6.41. The standard InChI is InChI=1S/C27H22O11/c1-34-17-10-19(36-3)18(35-2)7-12(17)13-8-21(31)37-20-9-16(30)23-24(32)25(33)26(38-27(23)22(13)20)11-4-5-14(28)15(29)6-11/h4-7,9-10,13,28-30,33H,8H2,1-3H3/t13-/m1/s1. The number of aromatic hydroxyl groups is 4. The average molecular weight is 522 g/mol.